The number of thiazole rings is 1. The monoisotopic (exact) mass is 350 g/mol. The van der Waals surface area contributed by atoms with Crippen LogP contribution < -0.4 is 5.32 Å². The van der Waals surface area contributed by atoms with E-state index in [2.05, 4.69) is 26.2 Å². The first-order valence-corrected chi connectivity index (χ1v) is 7.11. The van der Waals surface area contributed by atoms with Crippen LogP contribution in [0.15, 0.2) is 9.98 Å². The summed E-state index contributed by atoms with van der Waals surface area (Å²) in [4.78, 5) is 26.6. The SMILES string of the molecule is CC(C)(C)OC(=O)NC(CC(=O)O)c1ncc(Br)s1. The predicted octanol–water partition coefficient (Wildman–Crippen LogP) is 2.95. The Bertz CT molecular complexity index is 470. The van der Waals surface area contributed by atoms with Crippen LogP contribution in [-0.2, 0) is 9.53 Å². The van der Waals surface area contributed by atoms with E-state index >= 15 is 0 Å². The molecule has 0 bridgehead atoms. The summed E-state index contributed by atoms with van der Waals surface area (Å²) in [5, 5.41) is 11.9. The third-order valence-corrected chi connectivity index (χ3v) is 3.45. The van der Waals surface area contributed by atoms with Gasteiger partial charge in [-0.1, -0.05) is 0 Å². The van der Waals surface area contributed by atoms with E-state index in [1.807, 2.05) is 0 Å². The summed E-state index contributed by atoms with van der Waals surface area (Å²) in [6.45, 7) is 5.20. The molecule has 0 fully saturated rings. The zero-order chi connectivity index (χ0) is 14.6. The fourth-order valence-corrected chi connectivity index (χ4v) is 2.55. The maximum Gasteiger partial charge on any atom is 0.408 e. The lowest BCUT2D eigenvalue weighted by molar-refractivity contribution is -0.137. The highest BCUT2D eigenvalue weighted by Gasteiger charge is 2.24. The molecule has 1 amide bonds. The lowest BCUT2D eigenvalue weighted by Crippen LogP contribution is -2.35. The summed E-state index contributed by atoms with van der Waals surface area (Å²) in [5.74, 6) is -1.02. The first-order chi connectivity index (χ1) is 8.67. The van der Waals surface area contributed by atoms with Crippen molar-refractivity contribution in [2.24, 2.45) is 0 Å². The van der Waals surface area contributed by atoms with Gasteiger partial charge in [0.15, 0.2) is 0 Å². The van der Waals surface area contributed by atoms with Crippen LogP contribution in [0.4, 0.5) is 4.79 Å². The van der Waals surface area contributed by atoms with Crippen LogP contribution in [-0.4, -0.2) is 27.8 Å². The molecule has 0 aliphatic rings. The molecule has 6 nitrogen and oxygen atoms in total. The molecule has 1 heterocycles. The number of nitrogens with one attached hydrogen (secondary N) is 1. The Kier molecular flexibility index (Phi) is 5.30. The van der Waals surface area contributed by atoms with Gasteiger partial charge in [0.1, 0.15) is 10.6 Å². The highest BCUT2D eigenvalue weighted by Crippen LogP contribution is 2.26. The van der Waals surface area contributed by atoms with Gasteiger partial charge in [-0.25, -0.2) is 9.78 Å². The van der Waals surface area contributed by atoms with Crippen molar-refractivity contribution in [3.63, 3.8) is 0 Å². The summed E-state index contributed by atoms with van der Waals surface area (Å²) in [6.07, 6.45) is 0.648. The Morgan fingerprint density at radius 2 is 2.21 bits per heavy atom. The van der Waals surface area contributed by atoms with Crippen molar-refractivity contribution >= 4 is 39.3 Å². The van der Waals surface area contributed by atoms with Gasteiger partial charge in [0.05, 0.1) is 22.4 Å². The topological polar surface area (TPSA) is 88.5 Å². The summed E-state index contributed by atoms with van der Waals surface area (Å²) in [7, 11) is 0. The lowest BCUT2D eigenvalue weighted by Gasteiger charge is -2.22. The number of carbonyl (C=O) groups excluding carboxylic acids is 1. The predicted molar refractivity (Wildman–Crippen MR) is 74.2 cm³/mol. The molecule has 19 heavy (non-hydrogen) atoms. The summed E-state index contributed by atoms with van der Waals surface area (Å²) < 4.78 is 5.87. The number of rotatable bonds is 4. The van der Waals surface area contributed by atoms with Gasteiger partial charge in [0.2, 0.25) is 0 Å². The molecule has 0 saturated carbocycles. The Labute approximate surface area is 123 Å². The first kappa shape index (κ1) is 15.9. The van der Waals surface area contributed by atoms with Crippen LogP contribution in [0.25, 0.3) is 0 Å². The summed E-state index contributed by atoms with van der Waals surface area (Å²) >= 11 is 4.52. The average molecular weight is 351 g/mol. The van der Waals surface area contributed by atoms with Gasteiger partial charge in [-0.15, -0.1) is 11.3 Å². The average Bonchev–Trinajstić information content (AvgIpc) is 2.60. The lowest BCUT2D eigenvalue weighted by atomic mass is 10.2. The molecule has 2 N–H and O–H groups in total. The number of hydrogen-bond donors (Lipinski definition) is 2. The summed E-state index contributed by atoms with van der Waals surface area (Å²) in [6, 6.07) is -0.705. The molecule has 1 unspecified atom stereocenters. The molecular formula is C11H15BrN2O4S. The van der Waals surface area contributed by atoms with Crippen molar-refractivity contribution in [3.05, 3.63) is 15.0 Å². The number of carbonyl (C=O) groups is 2. The Morgan fingerprint density at radius 1 is 1.58 bits per heavy atom. The number of aliphatic carboxylic acids is 1. The second-order valence-corrected chi connectivity index (χ2v) is 7.24. The molecule has 0 saturated heterocycles. The van der Waals surface area contributed by atoms with Gasteiger partial charge in [0, 0.05) is 0 Å². The van der Waals surface area contributed by atoms with Crippen molar-refractivity contribution in [3.8, 4) is 0 Å². The molecule has 0 spiro atoms. The van der Waals surface area contributed by atoms with E-state index in [1.165, 1.54) is 11.3 Å². The Balaban J connectivity index is 2.76. The minimum atomic E-state index is -1.02. The molecule has 0 radical (unpaired) electrons. The van der Waals surface area contributed by atoms with Gasteiger partial charge < -0.3 is 15.2 Å². The van der Waals surface area contributed by atoms with E-state index in [0.717, 1.165) is 3.79 Å². The van der Waals surface area contributed by atoms with E-state index in [9.17, 15) is 9.59 Å². The molecule has 0 aliphatic carbocycles. The van der Waals surface area contributed by atoms with Crippen LogP contribution in [0.1, 0.15) is 38.2 Å². The Hall–Kier alpha value is -1.15. The fourth-order valence-electron chi connectivity index (χ4n) is 1.25. The number of carboxylic acids is 1. The fraction of sp³-hybridized carbons (Fsp3) is 0.545. The number of hydrogen-bond acceptors (Lipinski definition) is 5. The van der Waals surface area contributed by atoms with E-state index in [1.54, 1.807) is 27.0 Å². The van der Waals surface area contributed by atoms with E-state index in [0.29, 0.717) is 5.01 Å². The highest BCUT2D eigenvalue weighted by molar-refractivity contribution is 9.11. The van der Waals surface area contributed by atoms with Gasteiger partial charge in [-0.3, -0.25) is 4.79 Å². The van der Waals surface area contributed by atoms with Crippen LogP contribution in [0.2, 0.25) is 0 Å². The van der Waals surface area contributed by atoms with E-state index in [4.69, 9.17) is 9.84 Å². The van der Waals surface area contributed by atoms with Crippen LogP contribution in [0.5, 0.6) is 0 Å². The number of ether oxygens (including phenoxy) is 1. The van der Waals surface area contributed by atoms with Gasteiger partial charge in [-0.05, 0) is 36.7 Å². The third-order valence-electron chi connectivity index (χ3n) is 1.86. The van der Waals surface area contributed by atoms with Crippen molar-refractivity contribution in [1.29, 1.82) is 0 Å². The zero-order valence-electron chi connectivity index (χ0n) is 10.8. The van der Waals surface area contributed by atoms with E-state index < -0.39 is 23.7 Å². The number of halogens is 1. The minimum absolute atomic E-state index is 0.251. The molecule has 1 atom stereocenters. The number of nitrogens with zero attached hydrogens (tertiary/aromatic N) is 1. The number of aromatic nitrogens is 1. The first-order valence-electron chi connectivity index (χ1n) is 5.50. The quantitative estimate of drug-likeness (QED) is 0.871. The number of carboxylic acid groups (broad SMARTS) is 1. The molecule has 1 aromatic rings. The molecule has 0 aromatic carbocycles. The number of amides is 1. The van der Waals surface area contributed by atoms with Crippen molar-refractivity contribution in [2.75, 3.05) is 0 Å². The van der Waals surface area contributed by atoms with Gasteiger partial charge in [-0.2, -0.15) is 0 Å². The van der Waals surface area contributed by atoms with E-state index in [-0.39, 0.29) is 6.42 Å². The molecule has 8 heteroatoms. The molecule has 0 aliphatic heterocycles. The normalized spacial score (nSPS) is 12.8. The van der Waals surface area contributed by atoms with Crippen molar-refractivity contribution in [1.82, 2.24) is 10.3 Å². The molecule has 1 rings (SSSR count). The van der Waals surface area contributed by atoms with Crippen LogP contribution in [0.3, 0.4) is 0 Å². The third kappa shape index (κ3) is 6.02. The standard InChI is InChI=1S/C11H15BrN2O4S/c1-11(2,3)18-10(17)14-6(4-8(15)16)9-13-5-7(12)19-9/h5-6H,4H2,1-3H3,(H,14,17)(H,15,16). The second kappa shape index (κ2) is 6.33. The maximum atomic E-state index is 11.7. The van der Waals surface area contributed by atoms with Crippen molar-refractivity contribution in [2.45, 2.75) is 38.8 Å². The smallest absolute Gasteiger partial charge is 0.408 e. The summed E-state index contributed by atoms with van der Waals surface area (Å²) in [5.41, 5.74) is -0.638. The Morgan fingerprint density at radius 3 is 2.63 bits per heavy atom. The van der Waals surface area contributed by atoms with Crippen LogP contribution in [0, 0.1) is 0 Å². The number of alkyl carbamates (subject to hydrolysis) is 1. The second-order valence-electron chi connectivity index (χ2n) is 4.80. The maximum absolute atomic E-state index is 11.7. The largest absolute Gasteiger partial charge is 0.481 e. The molecular weight excluding hydrogens is 336 g/mol. The molecule has 106 valence electrons. The minimum Gasteiger partial charge on any atom is -0.481 e. The highest BCUT2D eigenvalue weighted by atomic mass is 79.9. The van der Waals surface area contributed by atoms with Crippen molar-refractivity contribution < 1.29 is 19.4 Å². The van der Waals surface area contributed by atoms with Gasteiger partial charge in [0.25, 0.3) is 0 Å². The van der Waals surface area contributed by atoms with Crippen LogP contribution >= 0.6 is 27.3 Å². The zero-order valence-corrected chi connectivity index (χ0v) is 13.2. The van der Waals surface area contributed by atoms with Gasteiger partial charge >= 0.3 is 12.1 Å². The molecule has 1 aromatic heterocycles.